The van der Waals surface area contributed by atoms with Gasteiger partial charge in [0.15, 0.2) is 5.69 Å². The van der Waals surface area contributed by atoms with Gasteiger partial charge in [0.2, 0.25) is 0 Å². The Bertz CT molecular complexity index is 736. The fourth-order valence-electron chi connectivity index (χ4n) is 3.00. The number of aromatic nitrogens is 2. The Hall–Kier alpha value is -2.63. The van der Waals surface area contributed by atoms with Gasteiger partial charge >= 0.3 is 0 Å². The molecular formula is C20H27N5O. The molecule has 138 valence electrons. The molecule has 2 heterocycles. The maximum Gasteiger partial charge on any atom is 0.274 e. The predicted octanol–water partition coefficient (Wildman–Crippen LogP) is 2.82. The molecule has 0 aliphatic carbocycles. The molecule has 0 bridgehead atoms. The molecule has 3 rings (SSSR count). The quantitative estimate of drug-likeness (QED) is 0.896. The van der Waals surface area contributed by atoms with E-state index in [4.69, 9.17) is 0 Å². The highest BCUT2D eigenvalue weighted by Crippen LogP contribution is 2.18. The van der Waals surface area contributed by atoms with E-state index in [0.717, 1.165) is 19.6 Å². The molecule has 0 saturated carbocycles. The lowest BCUT2D eigenvalue weighted by molar-refractivity contribution is 0.0739. The first-order chi connectivity index (χ1) is 12.5. The number of rotatable bonds is 5. The molecule has 6 heteroatoms. The highest BCUT2D eigenvalue weighted by molar-refractivity contribution is 5.92. The average Bonchev–Trinajstić information content (AvgIpc) is 2.66. The summed E-state index contributed by atoms with van der Waals surface area (Å²) in [4.78, 5) is 16.8. The number of benzene rings is 1. The average molecular weight is 353 g/mol. The number of aryl methyl sites for hydroxylation is 1. The number of piperazine rings is 1. The van der Waals surface area contributed by atoms with Gasteiger partial charge in [-0.2, -0.15) is 0 Å². The summed E-state index contributed by atoms with van der Waals surface area (Å²) in [6.07, 6.45) is 0. The van der Waals surface area contributed by atoms with Crippen molar-refractivity contribution >= 4 is 17.4 Å². The zero-order chi connectivity index (χ0) is 18.5. The number of nitrogens with one attached hydrogen (secondary N) is 1. The first kappa shape index (κ1) is 18.2. The van der Waals surface area contributed by atoms with Gasteiger partial charge in [-0.25, -0.2) is 0 Å². The first-order valence-electron chi connectivity index (χ1n) is 9.21. The van der Waals surface area contributed by atoms with E-state index in [1.165, 1.54) is 11.3 Å². The predicted molar refractivity (Wildman–Crippen MR) is 105 cm³/mol. The summed E-state index contributed by atoms with van der Waals surface area (Å²) in [5.74, 6) is 1.19. The van der Waals surface area contributed by atoms with Gasteiger partial charge < -0.3 is 15.1 Å². The van der Waals surface area contributed by atoms with Gasteiger partial charge in [0.1, 0.15) is 5.82 Å². The van der Waals surface area contributed by atoms with Crippen molar-refractivity contribution in [3.63, 3.8) is 0 Å². The molecule has 1 aromatic heterocycles. The fraction of sp³-hybridized carbons (Fsp3) is 0.450. The minimum atomic E-state index is -0.0446. The SMILES string of the molecule is Cc1cccc(N2CCN(C(=O)c3ccc(NCC(C)C)nn3)CC2)c1. The second-order valence-electron chi connectivity index (χ2n) is 7.20. The second kappa shape index (κ2) is 8.17. The molecule has 1 N–H and O–H groups in total. The van der Waals surface area contributed by atoms with Crippen molar-refractivity contribution in [2.75, 3.05) is 42.9 Å². The van der Waals surface area contributed by atoms with E-state index >= 15 is 0 Å². The molecule has 1 fully saturated rings. The number of hydrogen-bond donors (Lipinski definition) is 1. The van der Waals surface area contributed by atoms with Crippen molar-refractivity contribution in [3.05, 3.63) is 47.7 Å². The van der Waals surface area contributed by atoms with Gasteiger partial charge in [-0.1, -0.05) is 26.0 Å². The van der Waals surface area contributed by atoms with Crippen molar-refractivity contribution in [2.45, 2.75) is 20.8 Å². The van der Waals surface area contributed by atoms with Gasteiger partial charge in [-0.15, -0.1) is 10.2 Å². The zero-order valence-electron chi connectivity index (χ0n) is 15.8. The van der Waals surface area contributed by atoms with E-state index in [1.54, 1.807) is 6.07 Å². The summed E-state index contributed by atoms with van der Waals surface area (Å²) in [5, 5.41) is 11.4. The highest BCUT2D eigenvalue weighted by atomic mass is 16.2. The maximum atomic E-state index is 12.7. The van der Waals surface area contributed by atoms with Crippen LogP contribution in [0.3, 0.4) is 0 Å². The standard InChI is InChI=1S/C20H27N5O/c1-15(2)14-21-19-8-7-18(22-23-19)20(26)25-11-9-24(10-12-25)17-6-4-5-16(3)13-17/h4-8,13,15H,9-12,14H2,1-3H3,(H,21,23). The van der Waals surface area contributed by atoms with Crippen molar-refractivity contribution in [1.29, 1.82) is 0 Å². The summed E-state index contributed by atoms with van der Waals surface area (Å²) in [7, 11) is 0. The van der Waals surface area contributed by atoms with Crippen LogP contribution < -0.4 is 10.2 Å². The molecule has 1 aliphatic heterocycles. The van der Waals surface area contributed by atoms with Crippen LogP contribution in [0.2, 0.25) is 0 Å². The molecule has 1 aromatic carbocycles. The summed E-state index contributed by atoms with van der Waals surface area (Å²) >= 11 is 0. The van der Waals surface area contributed by atoms with Crippen LogP contribution in [0.1, 0.15) is 29.9 Å². The van der Waals surface area contributed by atoms with Crippen LogP contribution >= 0.6 is 0 Å². The number of amides is 1. The Kier molecular flexibility index (Phi) is 5.71. The summed E-state index contributed by atoms with van der Waals surface area (Å²) in [6.45, 7) is 10.3. The largest absolute Gasteiger partial charge is 0.368 e. The lowest BCUT2D eigenvalue weighted by Crippen LogP contribution is -2.49. The van der Waals surface area contributed by atoms with E-state index < -0.39 is 0 Å². The van der Waals surface area contributed by atoms with Crippen molar-refractivity contribution in [3.8, 4) is 0 Å². The highest BCUT2D eigenvalue weighted by Gasteiger charge is 2.23. The lowest BCUT2D eigenvalue weighted by atomic mass is 10.2. The number of carbonyl (C=O) groups is 1. The zero-order valence-corrected chi connectivity index (χ0v) is 15.8. The molecule has 2 aromatic rings. The van der Waals surface area contributed by atoms with Crippen LogP contribution in [0.4, 0.5) is 11.5 Å². The van der Waals surface area contributed by atoms with Crippen molar-refractivity contribution in [2.24, 2.45) is 5.92 Å². The van der Waals surface area contributed by atoms with E-state index in [9.17, 15) is 4.79 Å². The molecular weight excluding hydrogens is 326 g/mol. The van der Waals surface area contributed by atoms with Crippen LogP contribution in [0.25, 0.3) is 0 Å². The van der Waals surface area contributed by atoms with Crippen LogP contribution in [0.5, 0.6) is 0 Å². The number of anilines is 2. The Morgan fingerprint density at radius 3 is 2.50 bits per heavy atom. The van der Waals surface area contributed by atoms with E-state index in [2.05, 4.69) is 65.5 Å². The fourth-order valence-corrected chi connectivity index (χ4v) is 3.00. The number of carbonyl (C=O) groups excluding carboxylic acids is 1. The van der Waals surface area contributed by atoms with Gasteiger partial charge in [-0.3, -0.25) is 4.79 Å². The molecule has 26 heavy (non-hydrogen) atoms. The third kappa shape index (κ3) is 4.50. The van der Waals surface area contributed by atoms with E-state index in [1.807, 2.05) is 11.0 Å². The summed E-state index contributed by atoms with van der Waals surface area (Å²) in [5.41, 5.74) is 2.88. The Labute approximate surface area is 155 Å². The van der Waals surface area contributed by atoms with Gasteiger partial charge in [0.25, 0.3) is 5.91 Å². The minimum Gasteiger partial charge on any atom is -0.368 e. The van der Waals surface area contributed by atoms with Crippen molar-refractivity contribution in [1.82, 2.24) is 15.1 Å². The third-order valence-electron chi connectivity index (χ3n) is 4.51. The minimum absolute atomic E-state index is 0.0446. The molecule has 1 saturated heterocycles. The van der Waals surface area contributed by atoms with Gasteiger partial charge in [0, 0.05) is 38.4 Å². The lowest BCUT2D eigenvalue weighted by Gasteiger charge is -2.36. The Morgan fingerprint density at radius 2 is 1.88 bits per heavy atom. The van der Waals surface area contributed by atoms with E-state index in [-0.39, 0.29) is 5.91 Å². The summed E-state index contributed by atoms with van der Waals surface area (Å²) < 4.78 is 0. The summed E-state index contributed by atoms with van der Waals surface area (Å²) in [6, 6.07) is 12.1. The molecule has 0 radical (unpaired) electrons. The molecule has 0 atom stereocenters. The molecule has 1 aliphatic rings. The molecule has 6 nitrogen and oxygen atoms in total. The molecule has 0 spiro atoms. The third-order valence-corrected chi connectivity index (χ3v) is 4.51. The number of hydrogen-bond acceptors (Lipinski definition) is 5. The monoisotopic (exact) mass is 353 g/mol. The topological polar surface area (TPSA) is 61.4 Å². The van der Waals surface area contributed by atoms with Crippen LogP contribution in [-0.2, 0) is 0 Å². The van der Waals surface area contributed by atoms with Crippen LogP contribution in [0.15, 0.2) is 36.4 Å². The maximum absolute atomic E-state index is 12.7. The van der Waals surface area contributed by atoms with Crippen LogP contribution in [0, 0.1) is 12.8 Å². The normalized spacial score (nSPS) is 14.6. The van der Waals surface area contributed by atoms with Gasteiger partial charge in [-0.05, 0) is 42.7 Å². The Morgan fingerprint density at radius 1 is 1.12 bits per heavy atom. The van der Waals surface area contributed by atoms with Gasteiger partial charge in [0.05, 0.1) is 0 Å². The van der Waals surface area contributed by atoms with Crippen molar-refractivity contribution < 1.29 is 4.79 Å². The van der Waals surface area contributed by atoms with Crippen LogP contribution in [-0.4, -0.2) is 53.7 Å². The smallest absolute Gasteiger partial charge is 0.274 e. The molecule has 0 unspecified atom stereocenters. The second-order valence-corrected chi connectivity index (χ2v) is 7.20. The number of nitrogens with zero attached hydrogens (tertiary/aromatic N) is 4. The molecule has 1 amide bonds. The van der Waals surface area contributed by atoms with E-state index in [0.29, 0.717) is 30.5 Å². The first-order valence-corrected chi connectivity index (χ1v) is 9.21. The Balaban J connectivity index is 1.56.